The normalized spacial score (nSPS) is 29.8. The summed E-state index contributed by atoms with van der Waals surface area (Å²) < 4.78 is 0. The predicted molar refractivity (Wildman–Crippen MR) is 85.3 cm³/mol. The Morgan fingerprint density at radius 3 is 2.45 bits per heavy atom. The molecule has 2 fully saturated rings. The first-order chi connectivity index (χ1) is 9.74. The zero-order valence-corrected chi connectivity index (χ0v) is 13.1. The first kappa shape index (κ1) is 13.9. The molecule has 110 valence electrons. The van der Waals surface area contributed by atoms with Gasteiger partial charge in [0.2, 0.25) is 0 Å². The summed E-state index contributed by atoms with van der Waals surface area (Å²) in [6, 6.07) is 10.1. The van der Waals surface area contributed by atoms with E-state index in [2.05, 4.69) is 43.3 Å². The summed E-state index contributed by atoms with van der Waals surface area (Å²) in [6.07, 6.45) is 8.83. The molecule has 0 amide bonds. The van der Waals surface area contributed by atoms with Gasteiger partial charge >= 0.3 is 0 Å². The number of anilines is 1. The molecule has 1 saturated heterocycles. The van der Waals surface area contributed by atoms with E-state index in [0.717, 1.165) is 12.0 Å². The van der Waals surface area contributed by atoms with E-state index in [0.29, 0.717) is 0 Å². The highest BCUT2D eigenvalue weighted by Gasteiger charge is 2.36. The zero-order chi connectivity index (χ0) is 13.9. The van der Waals surface area contributed by atoms with E-state index in [1.165, 1.54) is 62.9 Å². The Bertz CT molecular complexity index is 422. The molecule has 1 aliphatic carbocycles. The number of likely N-dealkylation sites (tertiary alicyclic amines) is 1. The number of piperidine rings is 1. The van der Waals surface area contributed by atoms with E-state index >= 15 is 0 Å². The molecular weight excluding hydrogens is 244 g/mol. The maximum absolute atomic E-state index is 2.33. The molecule has 0 spiro atoms. The lowest BCUT2D eigenvalue weighted by Crippen LogP contribution is -3.16. The zero-order valence-electron chi connectivity index (χ0n) is 13.1. The number of nitrogens with one attached hydrogen (secondary N) is 1. The average molecular weight is 273 g/mol. The molecule has 1 N–H and O–H groups in total. The second-order valence-electron chi connectivity index (χ2n) is 6.94. The van der Waals surface area contributed by atoms with Crippen molar-refractivity contribution in [3.63, 3.8) is 0 Å². The van der Waals surface area contributed by atoms with Crippen LogP contribution in [0.1, 0.15) is 44.1 Å². The molecule has 3 atom stereocenters. The van der Waals surface area contributed by atoms with Crippen molar-refractivity contribution in [2.75, 3.05) is 25.5 Å². The molecule has 0 bridgehead atoms. The Morgan fingerprint density at radius 2 is 1.70 bits per heavy atom. The molecule has 1 aliphatic heterocycles. The summed E-state index contributed by atoms with van der Waals surface area (Å²) >= 11 is 0. The topological polar surface area (TPSA) is 7.68 Å². The van der Waals surface area contributed by atoms with Gasteiger partial charge in [0.05, 0.1) is 12.6 Å². The van der Waals surface area contributed by atoms with Gasteiger partial charge in [-0.05, 0) is 44.2 Å². The Balaban J connectivity index is 1.66. The maximum atomic E-state index is 2.33. The lowest BCUT2D eigenvalue weighted by Gasteiger charge is -2.41. The minimum atomic E-state index is 0.950. The number of benzene rings is 1. The van der Waals surface area contributed by atoms with Crippen molar-refractivity contribution in [1.29, 1.82) is 0 Å². The Kier molecular flexibility index (Phi) is 4.30. The molecule has 1 aromatic carbocycles. The van der Waals surface area contributed by atoms with Gasteiger partial charge in [-0.1, -0.05) is 18.6 Å². The van der Waals surface area contributed by atoms with Crippen molar-refractivity contribution in [3.05, 3.63) is 29.8 Å². The summed E-state index contributed by atoms with van der Waals surface area (Å²) in [5.74, 6) is 1.02. The Morgan fingerprint density at radius 1 is 1.00 bits per heavy atom. The molecule has 1 saturated carbocycles. The van der Waals surface area contributed by atoms with Crippen molar-refractivity contribution in [2.24, 2.45) is 5.92 Å². The van der Waals surface area contributed by atoms with Gasteiger partial charge in [0, 0.05) is 31.3 Å². The second-order valence-corrected chi connectivity index (χ2v) is 6.94. The smallest absolute Gasteiger partial charge is 0.103 e. The highest BCUT2D eigenvalue weighted by Crippen LogP contribution is 2.28. The van der Waals surface area contributed by atoms with Gasteiger partial charge < -0.3 is 9.80 Å². The van der Waals surface area contributed by atoms with E-state index in [4.69, 9.17) is 0 Å². The van der Waals surface area contributed by atoms with Crippen LogP contribution in [0.15, 0.2) is 24.3 Å². The van der Waals surface area contributed by atoms with Crippen LogP contribution in [0, 0.1) is 5.92 Å². The number of quaternary nitrogens is 1. The van der Waals surface area contributed by atoms with E-state index in [9.17, 15) is 0 Å². The van der Waals surface area contributed by atoms with Crippen LogP contribution in [0.3, 0.4) is 0 Å². The first-order valence-electron chi connectivity index (χ1n) is 8.35. The second kappa shape index (κ2) is 6.17. The highest BCUT2D eigenvalue weighted by atomic mass is 15.2. The van der Waals surface area contributed by atoms with Crippen LogP contribution in [0.4, 0.5) is 5.69 Å². The minimum absolute atomic E-state index is 0.950. The van der Waals surface area contributed by atoms with Gasteiger partial charge in [0.15, 0.2) is 0 Å². The van der Waals surface area contributed by atoms with Gasteiger partial charge in [-0.15, -0.1) is 0 Å². The summed E-state index contributed by atoms with van der Waals surface area (Å²) in [5, 5.41) is 0. The third-order valence-electron chi connectivity index (χ3n) is 5.39. The third kappa shape index (κ3) is 3.01. The molecule has 0 radical (unpaired) electrons. The summed E-state index contributed by atoms with van der Waals surface area (Å²) in [7, 11) is 4.22. The Labute approximate surface area is 123 Å². The van der Waals surface area contributed by atoms with Crippen LogP contribution in [0.2, 0.25) is 0 Å². The van der Waals surface area contributed by atoms with Gasteiger partial charge in [-0.3, -0.25) is 0 Å². The summed E-state index contributed by atoms with van der Waals surface area (Å²) in [4.78, 5) is 4.04. The van der Waals surface area contributed by atoms with Crippen LogP contribution in [0.25, 0.3) is 0 Å². The lowest BCUT2D eigenvalue weighted by atomic mass is 9.78. The standard InChI is InChI=1S/C18H28N2/c1-19(2)17-11-9-15(10-12-17)14-20-13-5-7-16-6-3-4-8-18(16)20/h9-12,16,18H,3-8,13-14H2,1-2H3/p+1/t16-,18+/m1/s1. The average Bonchev–Trinajstić information content (AvgIpc) is 2.48. The molecule has 2 heteroatoms. The quantitative estimate of drug-likeness (QED) is 0.889. The number of rotatable bonds is 3. The van der Waals surface area contributed by atoms with Gasteiger partial charge in [-0.2, -0.15) is 0 Å². The molecular formula is C18H29N2+. The van der Waals surface area contributed by atoms with Crippen LogP contribution in [-0.2, 0) is 6.54 Å². The van der Waals surface area contributed by atoms with Crippen LogP contribution >= 0.6 is 0 Å². The van der Waals surface area contributed by atoms with Gasteiger partial charge in [-0.25, -0.2) is 0 Å². The minimum Gasteiger partial charge on any atom is -0.378 e. The van der Waals surface area contributed by atoms with E-state index < -0.39 is 0 Å². The lowest BCUT2D eigenvalue weighted by molar-refractivity contribution is -0.949. The maximum Gasteiger partial charge on any atom is 0.103 e. The van der Waals surface area contributed by atoms with Crippen molar-refractivity contribution < 1.29 is 4.90 Å². The number of hydrogen-bond acceptors (Lipinski definition) is 1. The SMILES string of the molecule is CN(C)c1ccc(C[NH+]2CCC[C@H]3CCCC[C@@H]32)cc1. The van der Waals surface area contributed by atoms with Gasteiger partial charge in [0.1, 0.15) is 6.54 Å². The molecule has 2 aliphatic rings. The van der Waals surface area contributed by atoms with Crippen molar-refractivity contribution in [2.45, 2.75) is 51.1 Å². The molecule has 3 rings (SSSR count). The summed E-state index contributed by atoms with van der Waals surface area (Å²) in [6.45, 7) is 2.62. The van der Waals surface area contributed by atoms with Crippen molar-refractivity contribution in [1.82, 2.24) is 0 Å². The van der Waals surface area contributed by atoms with Crippen LogP contribution in [0.5, 0.6) is 0 Å². The fourth-order valence-corrected chi connectivity index (χ4v) is 4.26. The van der Waals surface area contributed by atoms with E-state index in [1.807, 2.05) is 4.90 Å². The van der Waals surface area contributed by atoms with Crippen LogP contribution < -0.4 is 9.80 Å². The van der Waals surface area contributed by atoms with Crippen molar-refractivity contribution in [3.8, 4) is 0 Å². The first-order valence-corrected chi connectivity index (χ1v) is 8.35. The molecule has 2 nitrogen and oxygen atoms in total. The Hall–Kier alpha value is -1.02. The monoisotopic (exact) mass is 273 g/mol. The molecule has 1 unspecified atom stereocenters. The summed E-state index contributed by atoms with van der Waals surface area (Å²) in [5.41, 5.74) is 2.81. The van der Waals surface area contributed by atoms with E-state index in [-0.39, 0.29) is 0 Å². The number of fused-ring (bicyclic) bond motifs is 1. The molecule has 20 heavy (non-hydrogen) atoms. The third-order valence-corrected chi connectivity index (χ3v) is 5.39. The van der Waals surface area contributed by atoms with Gasteiger partial charge in [0.25, 0.3) is 0 Å². The fourth-order valence-electron chi connectivity index (χ4n) is 4.26. The molecule has 0 aromatic heterocycles. The molecule has 1 aromatic rings. The van der Waals surface area contributed by atoms with Crippen molar-refractivity contribution >= 4 is 5.69 Å². The highest BCUT2D eigenvalue weighted by molar-refractivity contribution is 5.45. The van der Waals surface area contributed by atoms with Crippen LogP contribution in [-0.4, -0.2) is 26.7 Å². The molecule has 1 heterocycles. The number of hydrogen-bond donors (Lipinski definition) is 1. The predicted octanol–water partition coefficient (Wildman–Crippen LogP) is 2.49. The number of nitrogens with zero attached hydrogens (tertiary/aromatic N) is 1. The fraction of sp³-hybridized carbons (Fsp3) is 0.667. The largest absolute Gasteiger partial charge is 0.378 e. The van der Waals surface area contributed by atoms with E-state index in [1.54, 1.807) is 0 Å².